The number of piperidine rings is 1. The fourth-order valence-electron chi connectivity index (χ4n) is 1.60. The molecule has 2 N–H and O–H groups in total. The van der Waals surface area contributed by atoms with Crippen molar-refractivity contribution in [2.75, 3.05) is 19.6 Å². The van der Waals surface area contributed by atoms with E-state index >= 15 is 0 Å². The summed E-state index contributed by atoms with van der Waals surface area (Å²) in [7, 11) is 0. The molecule has 0 spiro atoms. The number of hydrogen-bond donors (Lipinski definition) is 2. The van der Waals surface area contributed by atoms with E-state index < -0.39 is 0 Å². The first-order valence-corrected chi connectivity index (χ1v) is 4.77. The summed E-state index contributed by atoms with van der Waals surface area (Å²) in [4.78, 5) is 2.22. The van der Waals surface area contributed by atoms with Crippen LogP contribution in [0.2, 0.25) is 0 Å². The van der Waals surface area contributed by atoms with Crippen LogP contribution in [-0.4, -0.2) is 47.0 Å². The second kappa shape index (κ2) is 4.80. The predicted molar refractivity (Wildman–Crippen MR) is 48.0 cm³/mol. The van der Waals surface area contributed by atoms with E-state index in [0.29, 0.717) is 0 Å². The highest BCUT2D eigenvalue weighted by Gasteiger charge is 2.17. The Balaban J connectivity index is 2.14. The molecule has 0 saturated carbocycles. The van der Waals surface area contributed by atoms with Gasteiger partial charge in [-0.1, -0.05) is 0 Å². The Morgan fingerprint density at radius 3 is 2.92 bits per heavy atom. The Morgan fingerprint density at radius 2 is 2.33 bits per heavy atom. The molecule has 2 atom stereocenters. The summed E-state index contributed by atoms with van der Waals surface area (Å²) in [6.07, 6.45) is 2.47. The summed E-state index contributed by atoms with van der Waals surface area (Å²) in [5, 5.41) is 18.4. The molecule has 0 aromatic heterocycles. The zero-order chi connectivity index (χ0) is 8.97. The molecule has 3 nitrogen and oxygen atoms in total. The molecule has 0 bridgehead atoms. The van der Waals surface area contributed by atoms with Crippen LogP contribution in [0.25, 0.3) is 0 Å². The molecule has 1 aliphatic heterocycles. The molecule has 0 amide bonds. The first kappa shape index (κ1) is 9.96. The lowest BCUT2D eigenvalue weighted by Gasteiger charge is -2.30. The van der Waals surface area contributed by atoms with Gasteiger partial charge in [0.2, 0.25) is 0 Å². The Kier molecular flexibility index (Phi) is 3.98. The van der Waals surface area contributed by atoms with E-state index in [2.05, 4.69) is 4.90 Å². The molecule has 1 aliphatic rings. The summed E-state index contributed by atoms with van der Waals surface area (Å²) >= 11 is 0. The summed E-state index contributed by atoms with van der Waals surface area (Å²) in [5.41, 5.74) is 0. The van der Waals surface area contributed by atoms with E-state index in [0.717, 1.165) is 38.9 Å². The van der Waals surface area contributed by atoms with Gasteiger partial charge in [0.25, 0.3) is 0 Å². The van der Waals surface area contributed by atoms with Crippen LogP contribution in [0.15, 0.2) is 0 Å². The normalized spacial score (nSPS) is 28.8. The lowest BCUT2D eigenvalue weighted by Crippen LogP contribution is -2.39. The molecule has 1 fully saturated rings. The van der Waals surface area contributed by atoms with Gasteiger partial charge in [-0.25, -0.2) is 0 Å². The van der Waals surface area contributed by atoms with Gasteiger partial charge in [0, 0.05) is 13.1 Å². The highest BCUT2D eigenvalue weighted by molar-refractivity contribution is 4.71. The number of hydrogen-bond acceptors (Lipinski definition) is 3. The van der Waals surface area contributed by atoms with Crippen LogP contribution >= 0.6 is 0 Å². The van der Waals surface area contributed by atoms with E-state index in [1.54, 1.807) is 6.92 Å². The van der Waals surface area contributed by atoms with Gasteiger partial charge in [-0.3, -0.25) is 0 Å². The maximum absolute atomic E-state index is 9.34. The van der Waals surface area contributed by atoms with Crippen molar-refractivity contribution < 1.29 is 10.2 Å². The molecule has 1 saturated heterocycles. The van der Waals surface area contributed by atoms with E-state index in [1.165, 1.54) is 0 Å². The first-order chi connectivity index (χ1) is 5.68. The van der Waals surface area contributed by atoms with Crippen LogP contribution in [0, 0.1) is 0 Å². The number of aliphatic hydroxyl groups excluding tert-OH is 2. The Morgan fingerprint density at radius 1 is 1.58 bits per heavy atom. The summed E-state index contributed by atoms with van der Waals surface area (Å²) < 4.78 is 0. The maximum atomic E-state index is 9.34. The van der Waals surface area contributed by atoms with Crippen LogP contribution in [-0.2, 0) is 0 Å². The molecule has 12 heavy (non-hydrogen) atoms. The second-order valence-corrected chi connectivity index (χ2v) is 3.73. The van der Waals surface area contributed by atoms with Gasteiger partial charge >= 0.3 is 0 Å². The third-order valence-corrected chi connectivity index (χ3v) is 2.34. The molecular weight excluding hydrogens is 154 g/mol. The molecule has 1 rings (SSSR count). The molecule has 72 valence electrons. The molecule has 0 aliphatic carbocycles. The Hall–Kier alpha value is -0.120. The monoisotopic (exact) mass is 173 g/mol. The molecule has 0 aromatic rings. The molecule has 1 heterocycles. The highest BCUT2D eigenvalue weighted by Crippen LogP contribution is 2.10. The topological polar surface area (TPSA) is 43.7 Å². The Labute approximate surface area is 74.0 Å². The molecule has 0 radical (unpaired) electrons. The highest BCUT2D eigenvalue weighted by atomic mass is 16.3. The number of aliphatic hydroxyl groups is 2. The third-order valence-electron chi connectivity index (χ3n) is 2.34. The molecular formula is C9H19NO2. The maximum Gasteiger partial charge on any atom is 0.0667 e. The van der Waals surface area contributed by atoms with Crippen LogP contribution in [0.4, 0.5) is 0 Å². The quantitative estimate of drug-likeness (QED) is 0.641. The molecule has 0 aromatic carbocycles. The Bertz CT molecular complexity index is 128. The van der Waals surface area contributed by atoms with Crippen molar-refractivity contribution in [2.45, 2.75) is 38.4 Å². The fraction of sp³-hybridized carbons (Fsp3) is 1.00. The van der Waals surface area contributed by atoms with Crippen molar-refractivity contribution >= 4 is 0 Å². The van der Waals surface area contributed by atoms with Gasteiger partial charge in [0.1, 0.15) is 0 Å². The second-order valence-electron chi connectivity index (χ2n) is 3.73. The minimum atomic E-state index is -0.218. The van der Waals surface area contributed by atoms with E-state index in [1.807, 2.05) is 0 Å². The van der Waals surface area contributed by atoms with Crippen LogP contribution in [0.5, 0.6) is 0 Å². The SMILES string of the molecule is CC(O)CCN1CCCC(O)C1. The zero-order valence-electron chi connectivity index (χ0n) is 7.74. The summed E-state index contributed by atoms with van der Waals surface area (Å²) in [6, 6.07) is 0. The van der Waals surface area contributed by atoms with Crippen molar-refractivity contribution in [1.29, 1.82) is 0 Å². The number of rotatable bonds is 3. The number of nitrogens with zero attached hydrogens (tertiary/aromatic N) is 1. The van der Waals surface area contributed by atoms with E-state index in [9.17, 15) is 5.11 Å². The van der Waals surface area contributed by atoms with Gasteiger partial charge in [-0.2, -0.15) is 0 Å². The van der Waals surface area contributed by atoms with Crippen molar-refractivity contribution in [3.63, 3.8) is 0 Å². The van der Waals surface area contributed by atoms with E-state index in [4.69, 9.17) is 5.11 Å². The van der Waals surface area contributed by atoms with Gasteiger partial charge in [-0.15, -0.1) is 0 Å². The molecule has 2 unspecified atom stereocenters. The van der Waals surface area contributed by atoms with Crippen molar-refractivity contribution in [2.24, 2.45) is 0 Å². The first-order valence-electron chi connectivity index (χ1n) is 4.77. The minimum Gasteiger partial charge on any atom is -0.393 e. The fourth-order valence-corrected chi connectivity index (χ4v) is 1.60. The lowest BCUT2D eigenvalue weighted by molar-refractivity contribution is 0.0611. The van der Waals surface area contributed by atoms with Gasteiger partial charge in [0.05, 0.1) is 12.2 Å². The van der Waals surface area contributed by atoms with Crippen molar-refractivity contribution in [1.82, 2.24) is 4.90 Å². The predicted octanol–water partition coefficient (Wildman–Crippen LogP) is 0.214. The van der Waals surface area contributed by atoms with Crippen LogP contribution in [0.1, 0.15) is 26.2 Å². The third kappa shape index (κ3) is 3.52. The average Bonchev–Trinajstić information content (AvgIpc) is 2.01. The minimum absolute atomic E-state index is 0.146. The molecule has 3 heteroatoms. The van der Waals surface area contributed by atoms with Crippen LogP contribution < -0.4 is 0 Å². The summed E-state index contributed by atoms with van der Waals surface area (Å²) in [5.74, 6) is 0. The largest absolute Gasteiger partial charge is 0.393 e. The van der Waals surface area contributed by atoms with E-state index in [-0.39, 0.29) is 12.2 Å². The van der Waals surface area contributed by atoms with Crippen LogP contribution in [0.3, 0.4) is 0 Å². The number of likely N-dealkylation sites (tertiary alicyclic amines) is 1. The number of β-amino-alcohol motifs (C(OH)–C–C–N with tert-alkyl or cyclic N) is 1. The van der Waals surface area contributed by atoms with Gasteiger partial charge in [-0.05, 0) is 32.7 Å². The lowest BCUT2D eigenvalue weighted by atomic mass is 10.1. The van der Waals surface area contributed by atoms with Gasteiger partial charge in [0.15, 0.2) is 0 Å². The van der Waals surface area contributed by atoms with Gasteiger partial charge < -0.3 is 15.1 Å². The zero-order valence-corrected chi connectivity index (χ0v) is 7.74. The van der Waals surface area contributed by atoms with Crippen molar-refractivity contribution in [3.05, 3.63) is 0 Å². The smallest absolute Gasteiger partial charge is 0.0667 e. The average molecular weight is 173 g/mol. The standard InChI is InChI=1S/C9H19NO2/c1-8(11)4-6-10-5-2-3-9(12)7-10/h8-9,11-12H,2-7H2,1H3. The van der Waals surface area contributed by atoms with Crippen molar-refractivity contribution in [3.8, 4) is 0 Å². The summed E-state index contributed by atoms with van der Waals surface area (Å²) in [6.45, 7) is 4.58.